The molecule has 0 bridgehead atoms. The summed E-state index contributed by atoms with van der Waals surface area (Å²) >= 11 is 0. The highest BCUT2D eigenvalue weighted by Gasteiger charge is 2.33. The van der Waals surface area contributed by atoms with Crippen LogP contribution in [-0.2, 0) is 17.5 Å². The van der Waals surface area contributed by atoms with Gasteiger partial charge in [-0.3, -0.25) is 9.48 Å². The van der Waals surface area contributed by atoms with Crippen LogP contribution in [0.15, 0.2) is 12.3 Å². The molecule has 1 N–H and O–H groups in total. The Labute approximate surface area is 110 Å². The summed E-state index contributed by atoms with van der Waals surface area (Å²) in [5.74, 6) is 0.234. The van der Waals surface area contributed by atoms with Crippen LogP contribution in [0.2, 0.25) is 0 Å². The number of hydrogen-bond acceptors (Lipinski definition) is 2. The SMILES string of the molecule is CC(C)CCCNC(=O)Cn1ccc(C(F)(F)F)n1. The molecule has 7 heteroatoms. The largest absolute Gasteiger partial charge is 0.435 e. The Bertz CT molecular complexity index is 413. The smallest absolute Gasteiger partial charge is 0.354 e. The third-order valence-corrected chi connectivity index (χ3v) is 2.52. The van der Waals surface area contributed by atoms with Crippen molar-refractivity contribution in [3.63, 3.8) is 0 Å². The molecule has 4 nitrogen and oxygen atoms in total. The molecular weight excluding hydrogens is 259 g/mol. The predicted octanol–water partition coefficient (Wildman–Crippen LogP) is 2.45. The third-order valence-electron chi connectivity index (χ3n) is 2.52. The molecule has 0 aliphatic heterocycles. The van der Waals surface area contributed by atoms with E-state index in [4.69, 9.17) is 0 Å². The van der Waals surface area contributed by atoms with Crippen molar-refractivity contribution >= 4 is 5.91 Å². The first kappa shape index (κ1) is 15.5. The van der Waals surface area contributed by atoms with Gasteiger partial charge in [0.15, 0.2) is 5.69 Å². The van der Waals surface area contributed by atoms with Crippen LogP contribution in [0.25, 0.3) is 0 Å². The molecule has 0 saturated heterocycles. The first-order chi connectivity index (χ1) is 8.79. The van der Waals surface area contributed by atoms with Gasteiger partial charge in [-0.15, -0.1) is 0 Å². The first-order valence-corrected chi connectivity index (χ1v) is 6.16. The lowest BCUT2D eigenvalue weighted by Gasteiger charge is -2.07. The summed E-state index contributed by atoms with van der Waals surface area (Å²) in [4.78, 5) is 11.5. The number of carbonyl (C=O) groups excluding carboxylic acids is 1. The fourth-order valence-corrected chi connectivity index (χ4v) is 1.54. The second kappa shape index (κ2) is 6.58. The van der Waals surface area contributed by atoms with Crippen LogP contribution < -0.4 is 5.32 Å². The molecule has 1 aromatic heterocycles. The molecule has 0 fully saturated rings. The monoisotopic (exact) mass is 277 g/mol. The maximum Gasteiger partial charge on any atom is 0.435 e. The highest BCUT2D eigenvalue weighted by atomic mass is 19.4. The van der Waals surface area contributed by atoms with Gasteiger partial charge in [0.2, 0.25) is 5.91 Å². The minimum atomic E-state index is -4.47. The van der Waals surface area contributed by atoms with Crippen molar-refractivity contribution in [1.82, 2.24) is 15.1 Å². The quantitative estimate of drug-likeness (QED) is 0.812. The van der Waals surface area contributed by atoms with Crippen LogP contribution in [0.3, 0.4) is 0 Å². The number of aromatic nitrogens is 2. The molecule has 1 rings (SSSR count). The summed E-state index contributed by atoms with van der Waals surface area (Å²) < 4.78 is 37.8. The van der Waals surface area contributed by atoms with Crippen molar-refractivity contribution in [1.29, 1.82) is 0 Å². The Kier molecular flexibility index (Phi) is 5.38. The summed E-state index contributed by atoms with van der Waals surface area (Å²) in [6.45, 7) is 4.51. The minimum Gasteiger partial charge on any atom is -0.354 e. The lowest BCUT2D eigenvalue weighted by atomic mass is 10.1. The van der Waals surface area contributed by atoms with E-state index in [1.165, 1.54) is 0 Å². The summed E-state index contributed by atoms with van der Waals surface area (Å²) in [5.41, 5.74) is -0.986. The molecule has 0 spiro atoms. The molecule has 0 unspecified atom stereocenters. The van der Waals surface area contributed by atoms with E-state index in [9.17, 15) is 18.0 Å². The predicted molar refractivity (Wildman–Crippen MR) is 64.3 cm³/mol. The van der Waals surface area contributed by atoms with Gasteiger partial charge in [0.1, 0.15) is 6.54 Å². The lowest BCUT2D eigenvalue weighted by molar-refractivity contribution is -0.141. The van der Waals surface area contributed by atoms with Gasteiger partial charge in [0.25, 0.3) is 0 Å². The Morgan fingerprint density at radius 3 is 2.68 bits per heavy atom. The first-order valence-electron chi connectivity index (χ1n) is 6.16. The summed E-state index contributed by atoms with van der Waals surface area (Å²) in [6, 6.07) is 0.853. The molecule has 19 heavy (non-hydrogen) atoms. The second-order valence-electron chi connectivity index (χ2n) is 4.78. The van der Waals surface area contributed by atoms with Crippen molar-refractivity contribution in [2.45, 2.75) is 39.4 Å². The number of amides is 1. The maximum absolute atomic E-state index is 12.3. The lowest BCUT2D eigenvalue weighted by Crippen LogP contribution is -2.29. The average molecular weight is 277 g/mol. The number of hydrogen-bond donors (Lipinski definition) is 1. The topological polar surface area (TPSA) is 46.9 Å². The molecular formula is C12H18F3N3O. The van der Waals surface area contributed by atoms with E-state index in [-0.39, 0.29) is 12.5 Å². The number of nitrogens with one attached hydrogen (secondary N) is 1. The molecule has 0 atom stereocenters. The van der Waals surface area contributed by atoms with Gasteiger partial charge in [-0.05, 0) is 24.8 Å². The Hall–Kier alpha value is -1.53. The van der Waals surface area contributed by atoms with Crippen molar-refractivity contribution < 1.29 is 18.0 Å². The minimum absolute atomic E-state index is 0.197. The van der Waals surface area contributed by atoms with Crippen LogP contribution in [0.4, 0.5) is 13.2 Å². The standard InChI is InChI=1S/C12H18F3N3O/c1-9(2)4-3-6-16-11(19)8-18-7-5-10(17-18)12(13,14)15/h5,7,9H,3-4,6,8H2,1-2H3,(H,16,19). The molecule has 0 saturated carbocycles. The number of carbonyl (C=O) groups is 1. The Morgan fingerprint density at radius 1 is 1.47 bits per heavy atom. The van der Waals surface area contributed by atoms with Gasteiger partial charge in [0, 0.05) is 12.7 Å². The number of halogens is 3. The van der Waals surface area contributed by atoms with E-state index >= 15 is 0 Å². The number of rotatable bonds is 6. The van der Waals surface area contributed by atoms with E-state index in [1.54, 1.807) is 0 Å². The highest BCUT2D eigenvalue weighted by Crippen LogP contribution is 2.27. The van der Waals surface area contributed by atoms with E-state index in [1.807, 2.05) is 0 Å². The normalized spacial score (nSPS) is 11.9. The molecule has 0 aliphatic rings. The van der Waals surface area contributed by atoms with Crippen LogP contribution in [0, 0.1) is 5.92 Å². The fraction of sp³-hybridized carbons (Fsp3) is 0.667. The maximum atomic E-state index is 12.3. The van der Waals surface area contributed by atoms with Crippen LogP contribution in [0.5, 0.6) is 0 Å². The molecule has 0 aromatic carbocycles. The molecule has 1 heterocycles. The van der Waals surface area contributed by atoms with E-state index < -0.39 is 11.9 Å². The summed E-state index contributed by atoms with van der Waals surface area (Å²) in [6.07, 6.45) is -1.47. The van der Waals surface area contributed by atoms with Gasteiger partial charge >= 0.3 is 6.18 Å². The zero-order valence-corrected chi connectivity index (χ0v) is 11.0. The molecule has 1 aromatic rings. The van der Waals surface area contributed by atoms with Gasteiger partial charge in [-0.2, -0.15) is 18.3 Å². The fourth-order valence-electron chi connectivity index (χ4n) is 1.54. The molecule has 0 aliphatic carbocycles. The van der Waals surface area contributed by atoms with E-state index in [2.05, 4.69) is 24.3 Å². The molecule has 1 amide bonds. The number of alkyl halides is 3. The Balaban J connectivity index is 2.34. The summed E-state index contributed by atoms with van der Waals surface area (Å²) in [7, 11) is 0. The van der Waals surface area contributed by atoms with Crippen molar-refractivity contribution in [3.05, 3.63) is 18.0 Å². The molecule has 108 valence electrons. The van der Waals surface area contributed by atoms with Gasteiger partial charge in [0.05, 0.1) is 0 Å². The molecule has 0 radical (unpaired) electrons. The second-order valence-corrected chi connectivity index (χ2v) is 4.78. The van der Waals surface area contributed by atoms with Gasteiger partial charge < -0.3 is 5.32 Å². The van der Waals surface area contributed by atoms with Crippen LogP contribution >= 0.6 is 0 Å². The van der Waals surface area contributed by atoms with Crippen molar-refractivity contribution in [2.24, 2.45) is 5.92 Å². The van der Waals surface area contributed by atoms with Gasteiger partial charge in [-0.25, -0.2) is 0 Å². The van der Waals surface area contributed by atoms with Crippen molar-refractivity contribution in [2.75, 3.05) is 6.54 Å². The van der Waals surface area contributed by atoms with Crippen LogP contribution in [-0.4, -0.2) is 22.2 Å². The Morgan fingerprint density at radius 2 is 2.16 bits per heavy atom. The van der Waals surface area contributed by atoms with Crippen molar-refractivity contribution in [3.8, 4) is 0 Å². The summed E-state index contributed by atoms with van der Waals surface area (Å²) in [5, 5.41) is 5.96. The third kappa shape index (κ3) is 5.76. The van der Waals surface area contributed by atoms with Crippen LogP contribution in [0.1, 0.15) is 32.4 Å². The van der Waals surface area contributed by atoms with E-state index in [0.29, 0.717) is 12.5 Å². The van der Waals surface area contributed by atoms with Gasteiger partial charge in [-0.1, -0.05) is 13.8 Å². The zero-order valence-electron chi connectivity index (χ0n) is 11.0. The number of nitrogens with zero attached hydrogens (tertiary/aromatic N) is 2. The highest BCUT2D eigenvalue weighted by molar-refractivity contribution is 5.75. The van der Waals surface area contributed by atoms with E-state index in [0.717, 1.165) is 29.8 Å². The zero-order chi connectivity index (χ0) is 14.5. The average Bonchev–Trinajstić information content (AvgIpc) is 2.72.